The van der Waals surface area contributed by atoms with Gasteiger partial charge in [-0.3, -0.25) is 9.36 Å². The van der Waals surface area contributed by atoms with Crippen LogP contribution in [0.15, 0.2) is 63.8 Å². The van der Waals surface area contributed by atoms with Gasteiger partial charge >= 0.3 is 0 Å². The fraction of sp³-hybridized carbons (Fsp3) is 0.111. The monoisotopic (exact) mass is 290 g/mol. The van der Waals surface area contributed by atoms with Crippen LogP contribution in [0.1, 0.15) is 11.5 Å². The molecule has 4 aromatic rings. The first-order valence-corrected chi connectivity index (χ1v) is 7.16. The highest BCUT2D eigenvalue weighted by Gasteiger charge is 2.15. The normalized spacial score (nSPS) is 11.3. The molecule has 0 radical (unpaired) electrons. The van der Waals surface area contributed by atoms with E-state index in [0.717, 1.165) is 16.5 Å². The Balaban J connectivity index is 2.07. The molecule has 0 aliphatic heterocycles. The summed E-state index contributed by atoms with van der Waals surface area (Å²) in [6.07, 6.45) is 0. The van der Waals surface area contributed by atoms with Crippen LogP contribution in [0.2, 0.25) is 0 Å². The summed E-state index contributed by atoms with van der Waals surface area (Å²) < 4.78 is 7.37. The number of fused-ring (bicyclic) bond motifs is 3. The molecular weight excluding hydrogens is 276 g/mol. The van der Waals surface area contributed by atoms with Crippen molar-refractivity contribution in [2.24, 2.45) is 0 Å². The molecule has 2 aromatic heterocycles. The van der Waals surface area contributed by atoms with Crippen molar-refractivity contribution in [2.75, 3.05) is 0 Å². The highest BCUT2D eigenvalue weighted by molar-refractivity contribution is 6.01. The van der Waals surface area contributed by atoms with E-state index in [1.165, 1.54) is 0 Å². The zero-order valence-corrected chi connectivity index (χ0v) is 12.1. The third-order valence-corrected chi connectivity index (χ3v) is 3.80. The molecule has 0 fully saturated rings. The van der Waals surface area contributed by atoms with E-state index in [-0.39, 0.29) is 5.56 Å². The average Bonchev–Trinajstić information content (AvgIpc) is 2.94. The molecule has 4 nitrogen and oxygen atoms in total. The summed E-state index contributed by atoms with van der Waals surface area (Å²) in [6, 6.07) is 17.4. The summed E-state index contributed by atoms with van der Waals surface area (Å²) in [4.78, 5) is 17.3. The molecular formula is C18H14N2O2. The molecule has 22 heavy (non-hydrogen) atoms. The Morgan fingerprint density at radius 2 is 1.68 bits per heavy atom. The molecule has 2 heterocycles. The van der Waals surface area contributed by atoms with Crippen LogP contribution >= 0.6 is 0 Å². The van der Waals surface area contributed by atoms with Gasteiger partial charge in [-0.2, -0.15) is 0 Å². The molecule has 0 aliphatic carbocycles. The Morgan fingerprint density at radius 3 is 2.45 bits per heavy atom. The molecule has 0 aliphatic rings. The summed E-state index contributed by atoms with van der Waals surface area (Å²) in [5.74, 6) is 0.563. The van der Waals surface area contributed by atoms with Gasteiger partial charge in [0, 0.05) is 17.7 Å². The second kappa shape index (κ2) is 4.84. The predicted molar refractivity (Wildman–Crippen MR) is 86.1 cm³/mol. The van der Waals surface area contributed by atoms with Gasteiger partial charge in [0.05, 0.1) is 6.54 Å². The molecule has 0 spiro atoms. The first kappa shape index (κ1) is 12.8. The number of hydrogen-bond acceptors (Lipinski definition) is 3. The van der Waals surface area contributed by atoms with Gasteiger partial charge in [-0.15, -0.1) is 0 Å². The van der Waals surface area contributed by atoms with Crippen LogP contribution in [-0.2, 0) is 6.54 Å². The summed E-state index contributed by atoms with van der Waals surface area (Å²) in [5, 5.41) is 1.50. The predicted octanol–water partition coefficient (Wildman–Crippen LogP) is 3.50. The first-order valence-electron chi connectivity index (χ1n) is 7.16. The average molecular weight is 290 g/mol. The van der Waals surface area contributed by atoms with E-state index in [1.807, 2.05) is 54.6 Å². The third-order valence-electron chi connectivity index (χ3n) is 3.80. The number of pyridine rings is 1. The smallest absolute Gasteiger partial charge is 0.261 e. The molecule has 0 N–H and O–H groups in total. The Labute approximate surface area is 126 Å². The lowest BCUT2D eigenvalue weighted by atomic mass is 10.1. The fourth-order valence-electron chi connectivity index (χ4n) is 2.80. The fourth-order valence-corrected chi connectivity index (χ4v) is 2.80. The summed E-state index contributed by atoms with van der Waals surface area (Å²) in [7, 11) is 0. The van der Waals surface area contributed by atoms with Gasteiger partial charge in [0.25, 0.3) is 5.56 Å². The number of benzene rings is 2. The summed E-state index contributed by atoms with van der Waals surface area (Å²) >= 11 is 0. The zero-order chi connectivity index (χ0) is 15.1. The second-order valence-electron chi connectivity index (χ2n) is 5.31. The van der Waals surface area contributed by atoms with Crippen LogP contribution in [-0.4, -0.2) is 9.55 Å². The van der Waals surface area contributed by atoms with Crippen molar-refractivity contribution < 1.29 is 4.42 Å². The maximum absolute atomic E-state index is 12.8. The maximum atomic E-state index is 12.8. The van der Waals surface area contributed by atoms with Crippen molar-refractivity contribution in [1.29, 1.82) is 0 Å². The van der Waals surface area contributed by atoms with Gasteiger partial charge < -0.3 is 4.42 Å². The highest BCUT2D eigenvalue weighted by atomic mass is 16.4. The minimum absolute atomic E-state index is 0.0527. The van der Waals surface area contributed by atoms with Crippen LogP contribution in [0.4, 0.5) is 0 Å². The van der Waals surface area contributed by atoms with Gasteiger partial charge in [0.1, 0.15) is 5.52 Å². The van der Waals surface area contributed by atoms with Crippen LogP contribution in [0.25, 0.3) is 22.0 Å². The number of hydrogen-bond donors (Lipinski definition) is 0. The van der Waals surface area contributed by atoms with E-state index < -0.39 is 0 Å². The minimum Gasteiger partial charge on any atom is -0.424 e. The van der Waals surface area contributed by atoms with E-state index in [2.05, 4.69) is 4.98 Å². The second-order valence-corrected chi connectivity index (χ2v) is 5.31. The molecule has 2 aromatic carbocycles. The maximum Gasteiger partial charge on any atom is 0.261 e. The van der Waals surface area contributed by atoms with Crippen molar-refractivity contribution in [3.8, 4) is 0 Å². The highest BCUT2D eigenvalue weighted by Crippen LogP contribution is 2.23. The van der Waals surface area contributed by atoms with Crippen molar-refractivity contribution in [2.45, 2.75) is 13.5 Å². The molecule has 0 amide bonds. The van der Waals surface area contributed by atoms with E-state index in [4.69, 9.17) is 4.42 Å². The van der Waals surface area contributed by atoms with E-state index >= 15 is 0 Å². The van der Waals surface area contributed by atoms with Gasteiger partial charge in [0.15, 0.2) is 5.89 Å². The Hall–Kier alpha value is -2.88. The topological polar surface area (TPSA) is 48.0 Å². The van der Waals surface area contributed by atoms with Gasteiger partial charge in [0.2, 0.25) is 5.71 Å². The number of rotatable bonds is 2. The SMILES string of the molecule is Cc1nc2c3ccccc3c(=O)n(Cc3ccccc3)c2o1. The van der Waals surface area contributed by atoms with Crippen LogP contribution < -0.4 is 5.56 Å². The van der Waals surface area contributed by atoms with Crippen LogP contribution in [0.5, 0.6) is 0 Å². The minimum atomic E-state index is -0.0527. The Morgan fingerprint density at radius 1 is 1.00 bits per heavy atom. The zero-order valence-electron chi connectivity index (χ0n) is 12.1. The molecule has 0 saturated carbocycles. The third kappa shape index (κ3) is 1.92. The molecule has 0 saturated heterocycles. The Bertz CT molecular complexity index is 1030. The lowest BCUT2D eigenvalue weighted by Gasteiger charge is -2.08. The number of aryl methyl sites for hydroxylation is 1. The quantitative estimate of drug-likeness (QED) is 0.567. The van der Waals surface area contributed by atoms with Crippen molar-refractivity contribution >= 4 is 22.0 Å². The number of oxazole rings is 1. The molecule has 0 unspecified atom stereocenters. The lowest BCUT2D eigenvalue weighted by Crippen LogP contribution is -2.21. The van der Waals surface area contributed by atoms with E-state index in [1.54, 1.807) is 11.5 Å². The summed E-state index contributed by atoms with van der Waals surface area (Å²) in [6.45, 7) is 2.27. The molecule has 108 valence electrons. The van der Waals surface area contributed by atoms with E-state index in [9.17, 15) is 4.79 Å². The van der Waals surface area contributed by atoms with Crippen molar-refractivity contribution in [3.05, 3.63) is 76.4 Å². The Kier molecular flexibility index (Phi) is 2.82. The number of aromatic nitrogens is 2. The molecule has 0 bridgehead atoms. The first-order chi connectivity index (χ1) is 10.7. The van der Waals surface area contributed by atoms with Gasteiger partial charge in [-0.1, -0.05) is 48.5 Å². The van der Waals surface area contributed by atoms with Crippen molar-refractivity contribution in [1.82, 2.24) is 9.55 Å². The van der Waals surface area contributed by atoms with Gasteiger partial charge in [-0.05, 0) is 11.6 Å². The lowest BCUT2D eigenvalue weighted by molar-refractivity contribution is 0.527. The summed E-state index contributed by atoms with van der Waals surface area (Å²) in [5.41, 5.74) is 2.27. The molecule has 4 heteroatoms. The largest absolute Gasteiger partial charge is 0.424 e. The van der Waals surface area contributed by atoms with E-state index in [0.29, 0.717) is 23.5 Å². The van der Waals surface area contributed by atoms with Crippen LogP contribution in [0.3, 0.4) is 0 Å². The van der Waals surface area contributed by atoms with Crippen molar-refractivity contribution in [3.63, 3.8) is 0 Å². The van der Waals surface area contributed by atoms with Gasteiger partial charge in [-0.25, -0.2) is 4.98 Å². The van der Waals surface area contributed by atoms with Crippen LogP contribution in [0, 0.1) is 6.92 Å². The number of nitrogens with zero attached hydrogens (tertiary/aromatic N) is 2. The molecule has 4 rings (SSSR count). The molecule has 0 atom stereocenters. The standard InChI is InChI=1S/C18H14N2O2/c1-12-19-16-14-9-5-6-10-15(14)17(21)20(18(16)22-12)11-13-7-3-2-4-8-13/h2-10H,11H2,1H3.